The first kappa shape index (κ1) is 19.9. The fourth-order valence-corrected chi connectivity index (χ4v) is 3.29. The second-order valence-electron chi connectivity index (χ2n) is 6.71. The van der Waals surface area contributed by atoms with Crippen LogP contribution in [0.5, 0.6) is 0 Å². The third kappa shape index (κ3) is 3.47. The second kappa shape index (κ2) is 8.02. The van der Waals surface area contributed by atoms with Gasteiger partial charge in [0.1, 0.15) is 6.04 Å². The zero-order valence-corrected chi connectivity index (χ0v) is 16.8. The number of rotatable bonds is 5. The molecule has 1 aromatic heterocycles. The van der Waals surface area contributed by atoms with Crippen molar-refractivity contribution < 1.29 is 4.79 Å². The Labute approximate surface area is 167 Å². The van der Waals surface area contributed by atoms with E-state index in [0.29, 0.717) is 28.2 Å². The minimum atomic E-state index is -0.781. The van der Waals surface area contributed by atoms with E-state index in [1.54, 1.807) is 49.4 Å². The highest BCUT2D eigenvalue weighted by molar-refractivity contribution is 6.31. The number of benzene rings is 2. The molecule has 6 nitrogen and oxygen atoms in total. The van der Waals surface area contributed by atoms with Gasteiger partial charge in [0.05, 0.1) is 16.6 Å². The highest BCUT2D eigenvalue weighted by Crippen LogP contribution is 2.19. The van der Waals surface area contributed by atoms with E-state index >= 15 is 0 Å². The monoisotopic (exact) mass is 399 g/mol. The highest BCUT2D eigenvalue weighted by atomic mass is 35.5. The average molecular weight is 400 g/mol. The van der Waals surface area contributed by atoms with Crippen LogP contribution in [0.3, 0.4) is 0 Å². The molecule has 0 aliphatic heterocycles. The van der Waals surface area contributed by atoms with Gasteiger partial charge in [0, 0.05) is 11.6 Å². The van der Waals surface area contributed by atoms with Gasteiger partial charge in [-0.05, 0) is 50.1 Å². The summed E-state index contributed by atoms with van der Waals surface area (Å²) in [6.45, 7) is 5.96. The molecule has 1 heterocycles. The molecule has 1 amide bonds. The number of fused-ring (bicyclic) bond motifs is 1. The normalized spacial score (nSPS) is 12.1. The lowest BCUT2D eigenvalue weighted by Crippen LogP contribution is -2.43. The molecule has 2 aromatic carbocycles. The van der Waals surface area contributed by atoms with Gasteiger partial charge in [-0.25, -0.2) is 9.36 Å². The number of hydrogen-bond acceptors (Lipinski definition) is 3. The van der Waals surface area contributed by atoms with E-state index in [1.165, 1.54) is 4.57 Å². The van der Waals surface area contributed by atoms with Crippen molar-refractivity contribution in [1.82, 2.24) is 14.5 Å². The molecule has 0 aliphatic carbocycles. The Hall–Kier alpha value is -2.86. The highest BCUT2D eigenvalue weighted by Gasteiger charge is 2.22. The Balaban J connectivity index is 2.32. The number of para-hydroxylation sites is 1. The van der Waals surface area contributed by atoms with Gasteiger partial charge in [-0.3, -0.25) is 14.2 Å². The minimum Gasteiger partial charge on any atom is -0.354 e. The van der Waals surface area contributed by atoms with E-state index in [2.05, 4.69) is 5.32 Å². The van der Waals surface area contributed by atoms with Crippen molar-refractivity contribution in [2.75, 3.05) is 6.54 Å². The lowest BCUT2D eigenvalue weighted by Gasteiger charge is -2.19. The molecule has 3 aromatic rings. The summed E-state index contributed by atoms with van der Waals surface area (Å²) < 4.78 is 2.42. The van der Waals surface area contributed by atoms with Crippen LogP contribution >= 0.6 is 11.6 Å². The number of aromatic nitrogens is 2. The number of carbonyl (C=O) groups excluding carboxylic acids is 1. The molecule has 28 heavy (non-hydrogen) atoms. The third-order valence-corrected chi connectivity index (χ3v) is 5.13. The number of aryl methyl sites for hydroxylation is 1. The third-order valence-electron chi connectivity index (χ3n) is 4.72. The number of amides is 1. The second-order valence-corrected chi connectivity index (χ2v) is 7.12. The molecule has 0 fully saturated rings. The predicted octanol–water partition coefficient (Wildman–Crippen LogP) is 3.20. The molecule has 0 aliphatic rings. The Kier molecular flexibility index (Phi) is 5.70. The lowest BCUT2D eigenvalue weighted by molar-refractivity contribution is -0.123. The summed E-state index contributed by atoms with van der Waals surface area (Å²) in [4.78, 5) is 38.9. The van der Waals surface area contributed by atoms with Crippen molar-refractivity contribution in [3.8, 4) is 5.69 Å². The fraction of sp³-hybridized carbons (Fsp3) is 0.286. The summed E-state index contributed by atoms with van der Waals surface area (Å²) in [6, 6.07) is 11.0. The number of halogens is 1. The number of hydrogen-bond donors (Lipinski definition) is 1. The molecule has 146 valence electrons. The topological polar surface area (TPSA) is 73.1 Å². The maximum atomic E-state index is 13.3. The van der Waals surface area contributed by atoms with Gasteiger partial charge < -0.3 is 5.32 Å². The van der Waals surface area contributed by atoms with Crippen LogP contribution in [0.4, 0.5) is 0 Å². The standard InChI is InChI=1S/C21H22ClN3O3/c1-4-11-23-19(26)14(3)24-18-8-6-5-7-16(18)20(27)25(21(24)28)15-10-9-13(2)17(22)12-15/h5-10,12,14H,4,11H2,1-3H3,(H,23,26)/t14-/m0/s1. The molecule has 0 saturated carbocycles. The van der Waals surface area contributed by atoms with Crippen molar-refractivity contribution in [2.24, 2.45) is 0 Å². The van der Waals surface area contributed by atoms with Crippen molar-refractivity contribution in [3.63, 3.8) is 0 Å². The average Bonchev–Trinajstić information content (AvgIpc) is 2.68. The quantitative estimate of drug-likeness (QED) is 0.716. The van der Waals surface area contributed by atoms with Crippen LogP contribution in [0.2, 0.25) is 5.02 Å². The molecule has 0 saturated heterocycles. The first-order valence-electron chi connectivity index (χ1n) is 9.17. The van der Waals surface area contributed by atoms with Crippen molar-refractivity contribution in [2.45, 2.75) is 33.2 Å². The van der Waals surface area contributed by atoms with Gasteiger partial charge in [0.15, 0.2) is 0 Å². The minimum absolute atomic E-state index is 0.277. The molecule has 1 atom stereocenters. The van der Waals surface area contributed by atoms with Gasteiger partial charge in [-0.15, -0.1) is 0 Å². The number of nitrogens with zero attached hydrogens (tertiary/aromatic N) is 2. The summed E-state index contributed by atoms with van der Waals surface area (Å²) >= 11 is 6.21. The Bertz CT molecular complexity index is 1160. The maximum Gasteiger partial charge on any atom is 0.336 e. The maximum absolute atomic E-state index is 13.3. The Morgan fingerprint density at radius 1 is 1.18 bits per heavy atom. The van der Waals surface area contributed by atoms with Gasteiger partial charge in [-0.2, -0.15) is 0 Å². The van der Waals surface area contributed by atoms with Crippen LogP contribution in [0.25, 0.3) is 16.6 Å². The fourth-order valence-electron chi connectivity index (χ4n) is 3.12. The van der Waals surface area contributed by atoms with E-state index in [4.69, 9.17) is 11.6 Å². The molecule has 3 rings (SSSR count). The Morgan fingerprint density at radius 3 is 2.57 bits per heavy atom. The predicted molar refractivity (Wildman–Crippen MR) is 112 cm³/mol. The number of nitrogens with one attached hydrogen (secondary N) is 1. The van der Waals surface area contributed by atoms with Crippen LogP contribution in [0.1, 0.15) is 31.9 Å². The van der Waals surface area contributed by atoms with Gasteiger partial charge in [-0.1, -0.05) is 36.7 Å². The van der Waals surface area contributed by atoms with Gasteiger partial charge >= 0.3 is 5.69 Å². The Morgan fingerprint density at radius 2 is 1.89 bits per heavy atom. The molecule has 0 radical (unpaired) electrons. The first-order chi connectivity index (χ1) is 13.4. The summed E-state index contributed by atoms with van der Waals surface area (Å²) in [5.41, 5.74) is 0.602. The van der Waals surface area contributed by atoms with Crippen molar-refractivity contribution in [1.29, 1.82) is 0 Å². The molecule has 0 unspecified atom stereocenters. The van der Waals surface area contributed by atoms with E-state index < -0.39 is 17.3 Å². The zero-order chi connectivity index (χ0) is 20.4. The molecule has 0 spiro atoms. The lowest BCUT2D eigenvalue weighted by atomic mass is 10.2. The molecule has 0 bridgehead atoms. The molecular formula is C21H22ClN3O3. The van der Waals surface area contributed by atoms with Crippen LogP contribution in [-0.2, 0) is 4.79 Å². The van der Waals surface area contributed by atoms with E-state index in [1.807, 2.05) is 13.8 Å². The van der Waals surface area contributed by atoms with E-state index in [-0.39, 0.29) is 5.91 Å². The molecule has 1 N–H and O–H groups in total. The number of carbonyl (C=O) groups is 1. The SMILES string of the molecule is CCCNC(=O)[C@H](C)n1c(=O)n(-c2ccc(C)c(Cl)c2)c(=O)c2ccccc21. The van der Waals surface area contributed by atoms with Crippen LogP contribution in [0, 0.1) is 6.92 Å². The van der Waals surface area contributed by atoms with Crippen molar-refractivity contribution in [3.05, 3.63) is 73.9 Å². The van der Waals surface area contributed by atoms with E-state index in [9.17, 15) is 14.4 Å². The van der Waals surface area contributed by atoms with E-state index in [0.717, 1.165) is 16.6 Å². The van der Waals surface area contributed by atoms with Crippen LogP contribution in [0.15, 0.2) is 52.1 Å². The smallest absolute Gasteiger partial charge is 0.336 e. The summed E-state index contributed by atoms with van der Waals surface area (Å²) in [5, 5.41) is 3.62. The van der Waals surface area contributed by atoms with Crippen LogP contribution in [-0.4, -0.2) is 21.6 Å². The van der Waals surface area contributed by atoms with Gasteiger partial charge in [0.2, 0.25) is 5.91 Å². The zero-order valence-electron chi connectivity index (χ0n) is 16.0. The van der Waals surface area contributed by atoms with Crippen molar-refractivity contribution >= 4 is 28.4 Å². The van der Waals surface area contributed by atoms with Crippen LogP contribution < -0.4 is 16.6 Å². The summed E-state index contributed by atoms with van der Waals surface area (Å²) in [6.07, 6.45) is 0.787. The summed E-state index contributed by atoms with van der Waals surface area (Å²) in [7, 11) is 0. The van der Waals surface area contributed by atoms with Gasteiger partial charge in [0.25, 0.3) is 5.56 Å². The largest absolute Gasteiger partial charge is 0.354 e. The summed E-state index contributed by atoms with van der Waals surface area (Å²) in [5.74, 6) is -0.277. The molecule has 7 heteroatoms. The first-order valence-corrected chi connectivity index (χ1v) is 9.55. The molecular weight excluding hydrogens is 378 g/mol.